The van der Waals surface area contributed by atoms with Crippen LogP contribution in [0, 0.1) is 0 Å². The summed E-state index contributed by atoms with van der Waals surface area (Å²) < 4.78 is 16.6. The van der Waals surface area contributed by atoms with Crippen molar-refractivity contribution in [3.05, 3.63) is 23.8 Å². The van der Waals surface area contributed by atoms with E-state index in [1.807, 2.05) is 12.1 Å². The summed E-state index contributed by atoms with van der Waals surface area (Å²) in [4.78, 5) is 0. The van der Waals surface area contributed by atoms with E-state index >= 15 is 0 Å². The molecule has 1 aromatic rings. The minimum atomic E-state index is 0.205. The lowest BCUT2D eigenvalue weighted by Crippen LogP contribution is -2.25. The van der Waals surface area contributed by atoms with Gasteiger partial charge in [-0.05, 0) is 30.7 Å². The number of hydrogen-bond acceptors (Lipinski definition) is 4. The Balaban J connectivity index is 1.90. The van der Waals surface area contributed by atoms with Crippen LogP contribution in [0.1, 0.15) is 44.7 Å². The topological polar surface area (TPSA) is 39.7 Å². The van der Waals surface area contributed by atoms with Crippen molar-refractivity contribution < 1.29 is 14.2 Å². The molecule has 20 heavy (non-hydrogen) atoms. The number of likely N-dealkylation sites (N-methyl/N-ethyl adjacent to an activating group) is 1. The highest BCUT2D eigenvalue weighted by Gasteiger charge is 2.17. The Morgan fingerprint density at radius 2 is 2.05 bits per heavy atom. The van der Waals surface area contributed by atoms with E-state index in [4.69, 9.17) is 14.2 Å². The predicted molar refractivity (Wildman–Crippen MR) is 79.3 cm³/mol. The summed E-state index contributed by atoms with van der Waals surface area (Å²) in [6.07, 6.45) is 3.59. The first kappa shape index (κ1) is 15.1. The monoisotopic (exact) mass is 279 g/mol. The van der Waals surface area contributed by atoms with Gasteiger partial charge in [0.1, 0.15) is 0 Å². The normalized spacial score (nSPS) is 14.5. The van der Waals surface area contributed by atoms with Crippen molar-refractivity contribution in [2.75, 3.05) is 26.6 Å². The van der Waals surface area contributed by atoms with Gasteiger partial charge in [-0.3, -0.25) is 0 Å². The molecule has 1 aliphatic rings. The van der Waals surface area contributed by atoms with Crippen LogP contribution in [0.25, 0.3) is 0 Å². The smallest absolute Gasteiger partial charge is 0.231 e. The van der Waals surface area contributed by atoms with Gasteiger partial charge in [-0.1, -0.05) is 32.8 Å². The fourth-order valence-corrected chi connectivity index (χ4v) is 2.30. The molecule has 0 fully saturated rings. The van der Waals surface area contributed by atoms with Crippen LogP contribution in [0.15, 0.2) is 18.2 Å². The van der Waals surface area contributed by atoms with E-state index in [1.54, 1.807) is 0 Å². The van der Waals surface area contributed by atoms with Crippen molar-refractivity contribution in [2.45, 2.75) is 39.2 Å². The molecule has 0 amide bonds. The Morgan fingerprint density at radius 3 is 2.85 bits per heavy atom. The molecule has 112 valence electrons. The highest BCUT2D eigenvalue weighted by molar-refractivity contribution is 5.45. The van der Waals surface area contributed by atoms with Crippen LogP contribution >= 0.6 is 0 Å². The third-order valence-electron chi connectivity index (χ3n) is 3.43. The highest BCUT2D eigenvalue weighted by atomic mass is 16.7. The number of ether oxygens (including phenoxy) is 3. The van der Waals surface area contributed by atoms with Crippen LogP contribution in [0.5, 0.6) is 11.5 Å². The van der Waals surface area contributed by atoms with E-state index in [1.165, 1.54) is 18.4 Å². The summed E-state index contributed by atoms with van der Waals surface area (Å²) >= 11 is 0. The first-order valence-corrected chi connectivity index (χ1v) is 7.55. The molecule has 0 radical (unpaired) electrons. The van der Waals surface area contributed by atoms with E-state index in [0.717, 1.165) is 31.1 Å². The minimum absolute atomic E-state index is 0.205. The zero-order chi connectivity index (χ0) is 14.2. The molecular weight excluding hydrogens is 254 g/mol. The number of nitrogens with one attached hydrogen (secondary N) is 1. The lowest BCUT2D eigenvalue weighted by molar-refractivity contribution is 0.108. The van der Waals surface area contributed by atoms with Crippen molar-refractivity contribution in [1.29, 1.82) is 0 Å². The Labute approximate surface area is 121 Å². The van der Waals surface area contributed by atoms with Gasteiger partial charge >= 0.3 is 0 Å². The third-order valence-corrected chi connectivity index (χ3v) is 3.43. The lowest BCUT2D eigenvalue weighted by Gasteiger charge is -2.19. The average Bonchev–Trinajstić information content (AvgIpc) is 2.93. The van der Waals surface area contributed by atoms with Crippen molar-refractivity contribution in [3.63, 3.8) is 0 Å². The van der Waals surface area contributed by atoms with Crippen LogP contribution in [0.4, 0.5) is 0 Å². The fraction of sp³-hybridized carbons (Fsp3) is 0.625. The van der Waals surface area contributed by atoms with Gasteiger partial charge in [0, 0.05) is 6.61 Å². The molecule has 0 aliphatic carbocycles. The van der Waals surface area contributed by atoms with Crippen LogP contribution < -0.4 is 14.8 Å². The first-order chi connectivity index (χ1) is 9.85. The molecule has 0 bridgehead atoms. The Bertz CT molecular complexity index is 409. The molecule has 4 nitrogen and oxygen atoms in total. The van der Waals surface area contributed by atoms with Crippen molar-refractivity contribution >= 4 is 0 Å². The molecule has 1 aliphatic heterocycles. The largest absolute Gasteiger partial charge is 0.454 e. The molecule has 0 spiro atoms. The molecule has 2 rings (SSSR count). The molecule has 0 saturated heterocycles. The second-order valence-corrected chi connectivity index (χ2v) is 5.00. The van der Waals surface area contributed by atoms with Gasteiger partial charge in [0.15, 0.2) is 11.5 Å². The highest BCUT2D eigenvalue weighted by Crippen LogP contribution is 2.34. The van der Waals surface area contributed by atoms with Gasteiger partial charge in [0.05, 0.1) is 12.6 Å². The molecular formula is C16H25NO3. The predicted octanol–water partition coefficient (Wildman–Crippen LogP) is 3.27. The first-order valence-electron chi connectivity index (χ1n) is 7.55. The Kier molecular flexibility index (Phi) is 6.15. The van der Waals surface area contributed by atoms with E-state index in [9.17, 15) is 0 Å². The lowest BCUT2D eigenvalue weighted by atomic mass is 10.1. The number of benzene rings is 1. The van der Waals surface area contributed by atoms with Crippen molar-refractivity contribution in [2.24, 2.45) is 0 Å². The van der Waals surface area contributed by atoms with E-state index in [2.05, 4.69) is 25.2 Å². The fourth-order valence-electron chi connectivity index (χ4n) is 2.30. The molecule has 1 unspecified atom stereocenters. The van der Waals surface area contributed by atoms with Crippen molar-refractivity contribution in [1.82, 2.24) is 5.32 Å². The van der Waals surface area contributed by atoms with Gasteiger partial charge < -0.3 is 19.5 Å². The second-order valence-electron chi connectivity index (χ2n) is 5.00. The zero-order valence-corrected chi connectivity index (χ0v) is 12.5. The molecule has 4 heteroatoms. The SMILES string of the molecule is CCCCCOCC(NCC)c1ccc2c(c1)OCO2. The van der Waals surface area contributed by atoms with E-state index < -0.39 is 0 Å². The molecule has 1 heterocycles. The summed E-state index contributed by atoms with van der Waals surface area (Å²) in [5.74, 6) is 1.66. The number of unbranched alkanes of at least 4 members (excludes halogenated alkanes) is 2. The zero-order valence-electron chi connectivity index (χ0n) is 12.5. The van der Waals surface area contributed by atoms with Gasteiger partial charge in [0.2, 0.25) is 6.79 Å². The summed E-state index contributed by atoms with van der Waals surface area (Å²) in [6.45, 7) is 7.07. The van der Waals surface area contributed by atoms with Crippen LogP contribution in [-0.2, 0) is 4.74 Å². The van der Waals surface area contributed by atoms with Crippen LogP contribution in [0.2, 0.25) is 0 Å². The maximum absolute atomic E-state index is 5.79. The minimum Gasteiger partial charge on any atom is -0.454 e. The Hall–Kier alpha value is -1.26. The second kappa shape index (κ2) is 8.12. The van der Waals surface area contributed by atoms with Crippen LogP contribution in [-0.4, -0.2) is 26.6 Å². The Morgan fingerprint density at radius 1 is 1.20 bits per heavy atom. The average molecular weight is 279 g/mol. The summed E-state index contributed by atoms with van der Waals surface area (Å²) in [6, 6.07) is 6.30. The maximum atomic E-state index is 5.79. The quantitative estimate of drug-likeness (QED) is 0.704. The number of hydrogen-bond donors (Lipinski definition) is 1. The number of rotatable bonds is 9. The van der Waals surface area contributed by atoms with Gasteiger partial charge in [-0.25, -0.2) is 0 Å². The van der Waals surface area contributed by atoms with Gasteiger partial charge in [-0.15, -0.1) is 0 Å². The molecule has 1 N–H and O–H groups in total. The molecule has 1 atom stereocenters. The van der Waals surface area contributed by atoms with Crippen molar-refractivity contribution in [3.8, 4) is 11.5 Å². The molecule has 0 aromatic heterocycles. The van der Waals surface area contributed by atoms with E-state index in [-0.39, 0.29) is 6.04 Å². The van der Waals surface area contributed by atoms with E-state index in [0.29, 0.717) is 13.4 Å². The maximum Gasteiger partial charge on any atom is 0.231 e. The van der Waals surface area contributed by atoms with Crippen LogP contribution in [0.3, 0.4) is 0 Å². The standard InChI is InChI=1S/C16H25NO3/c1-3-5-6-9-18-11-14(17-4-2)13-7-8-15-16(10-13)20-12-19-15/h7-8,10,14,17H,3-6,9,11-12H2,1-2H3. The summed E-state index contributed by atoms with van der Waals surface area (Å²) in [5, 5.41) is 3.46. The summed E-state index contributed by atoms with van der Waals surface area (Å²) in [5.41, 5.74) is 1.19. The third kappa shape index (κ3) is 4.12. The van der Waals surface area contributed by atoms with Gasteiger partial charge in [-0.2, -0.15) is 0 Å². The molecule has 1 aromatic carbocycles. The number of fused-ring (bicyclic) bond motifs is 1. The summed E-state index contributed by atoms with van der Waals surface area (Å²) in [7, 11) is 0. The molecule has 0 saturated carbocycles. The van der Waals surface area contributed by atoms with Gasteiger partial charge in [0.25, 0.3) is 0 Å².